The second kappa shape index (κ2) is 5.31. The molecule has 1 aromatic carbocycles. The molecule has 0 amide bonds. The summed E-state index contributed by atoms with van der Waals surface area (Å²) in [6.45, 7) is 10.7. The van der Waals surface area contributed by atoms with Crippen LogP contribution in [0, 0.1) is 5.92 Å². The SMILES string of the molecule is CC(C)CN1CCC(C)(c2ccc(N)cc2)CC1. The van der Waals surface area contributed by atoms with E-state index in [0.29, 0.717) is 5.41 Å². The standard InChI is InChI=1S/C16H26N2/c1-13(2)12-18-10-8-16(3,9-11-18)14-4-6-15(17)7-5-14/h4-7,13H,8-12,17H2,1-3H3. The average Bonchev–Trinajstić information content (AvgIpc) is 2.32. The molecule has 0 bridgehead atoms. The maximum atomic E-state index is 5.77. The highest BCUT2D eigenvalue weighted by atomic mass is 15.1. The van der Waals surface area contributed by atoms with Crippen molar-refractivity contribution in [1.82, 2.24) is 4.90 Å². The van der Waals surface area contributed by atoms with Crippen molar-refractivity contribution >= 4 is 5.69 Å². The number of rotatable bonds is 3. The summed E-state index contributed by atoms with van der Waals surface area (Å²) < 4.78 is 0. The van der Waals surface area contributed by atoms with Gasteiger partial charge in [-0.15, -0.1) is 0 Å². The number of benzene rings is 1. The minimum absolute atomic E-state index is 0.335. The number of hydrogen-bond acceptors (Lipinski definition) is 2. The lowest BCUT2D eigenvalue weighted by Crippen LogP contribution is -2.42. The lowest BCUT2D eigenvalue weighted by atomic mass is 9.74. The molecule has 0 radical (unpaired) electrons. The Hall–Kier alpha value is -1.02. The van der Waals surface area contributed by atoms with E-state index in [0.717, 1.165) is 11.6 Å². The molecule has 1 aliphatic rings. The first-order valence-electron chi connectivity index (χ1n) is 7.08. The van der Waals surface area contributed by atoms with Crippen molar-refractivity contribution in [2.45, 2.75) is 39.0 Å². The maximum Gasteiger partial charge on any atom is 0.0314 e. The van der Waals surface area contributed by atoms with Crippen LogP contribution in [0.5, 0.6) is 0 Å². The van der Waals surface area contributed by atoms with E-state index in [1.807, 2.05) is 12.1 Å². The van der Waals surface area contributed by atoms with E-state index in [2.05, 4.69) is 37.8 Å². The third-order valence-corrected chi connectivity index (χ3v) is 4.19. The molecule has 2 N–H and O–H groups in total. The van der Waals surface area contributed by atoms with Gasteiger partial charge in [-0.2, -0.15) is 0 Å². The summed E-state index contributed by atoms with van der Waals surface area (Å²) in [6, 6.07) is 8.46. The highest BCUT2D eigenvalue weighted by Crippen LogP contribution is 2.35. The fourth-order valence-electron chi connectivity index (χ4n) is 2.92. The fraction of sp³-hybridized carbons (Fsp3) is 0.625. The number of likely N-dealkylation sites (tertiary alicyclic amines) is 1. The van der Waals surface area contributed by atoms with Gasteiger partial charge in [0, 0.05) is 12.2 Å². The molecule has 0 spiro atoms. The molecule has 0 atom stereocenters. The molecule has 0 unspecified atom stereocenters. The van der Waals surface area contributed by atoms with Crippen LogP contribution in [0.4, 0.5) is 5.69 Å². The van der Waals surface area contributed by atoms with Crippen LogP contribution in [0.1, 0.15) is 39.2 Å². The summed E-state index contributed by atoms with van der Waals surface area (Å²) in [5, 5.41) is 0. The normalized spacial score (nSPS) is 20.2. The van der Waals surface area contributed by atoms with Crippen LogP contribution >= 0.6 is 0 Å². The van der Waals surface area contributed by atoms with Gasteiger partial charge >= 0.3 is 0 Å². The van der Waals surface area contributed by atoms with E-state index >= 15 is 0 Å². The maximum absolute atomic E-state index is 5.77. The van der Waals surface area contributed by atoms with Crippen molar-refractivity contribution in [3.8, 4) is 0 Å². The summed E-state index contributed by atoms with van der Waals surface area (Å²) in [5.74, 6) is 0.769. The van der Waals surface area contributed by atoms with E-state index < -0.39 is 0 Å². The second-order valence-corrected chi connectivity index (χ2v) is 6.38. The molecule has 2 nitrogen and oxygen atoms in total. The monoisotopic (exact) mass is 246 g/mol. The quantitative estimate of drug-likeness (QED) is 0.829. The van der Waals surface area contributed by atoms with Crippen LogP contribution in [0.15, 0.2) is 24.3 Å². The molecule has 1 aromatic rings. The van der Waals surface area contributed by atoms with E-state index in [1.54, 1.807) is 0 Å². The van der Waals surface area contributed by atoms with Gasteiger partial charge in [0.25, 0.3) is 0 Å². The van der Waals surface area contributed by atoms with Gasteiger partial charge in [0.05, 0.1) is 0 Å². The molecular formula is C16H26N2. The van der Waals surface area contributed by atoms with Crippen molar-refractivity contribution in [1.29, 1.82) is 0 Å². The number of nitrogens with two attached hydrogens (primary N) is 1. The van der Waals surface area contributed by atoms with Gasteiger partial charge in [0.15, 0.2) is 0 Å². The molecule has 1 heterocycles. The topological polar surface area (TPSA) is 29.3 Å². The Labute approximate surface area is 111 Å². The molecule has 0 aliphatic carbocycles. The average molecular weight is 246 g/mol. The molecule has 1 aliphatic heterocycles. The second-order valence-electron chi connectivity index (χ2n) is 6.38. The molecule has 100 valence electrons. The molecule has 1 fully saturated rings. The van der Waals surface area contributed by atoms with E-state index in [-0.39, 0.29) is 0 Å². The van der Waals surface area contributed by atoms with Gasteiger partial charge in [0.1, 0.15) is 0 Å². The third-order valence-electron chi connectivity index (χ3n) is 4.19. The van der Waals surface area contributed by atoms with E-state index in [9.17, 15) is 0 Å². The molecule has 2 heteroatoms. The lowest BCUT2D eigenvalue weighted by molar-refractivity contribution is 0.154. The van der Waals surface area contributed by atoms with Crippen LogP contribution in [-0.4, -0.2) is 24.5 Å². The highest BCUT2D eigenvalue weighted by molar-refractivity contribution is 5.41. The van der Waals surface area contributed by atoms with E-state index in [1.165, 1.54) is 38.0 Å². The number of piperidine rings is 1. The zero-order chi connectivity index (χ0) is 13.2. The van der Waals surface area contributed by atoms with Crippen LogP contribution in [-0.2, 0) is 5.41 Å². The van der Waals surface area contributed by atoms with Crippen LogP contribution in [0.25, 0.3) is 0 Å². The Balaban J connectivity index is 2.00. The first-order valence-corrected chi connectivity index (χ1v) is 7.08. The summed E-state index contributed by atoms with van der Waals surface area (Å²) in [4.78, 5) is 2.60. The summed E-state index contributed by atoms with van der Waals surface area (Å²) in [5.41, 5.74) is 8.41. The van der Waals surface area contributed by atoms with Crippen molar-refractivity contribution in [3.05, 3.63) is 29.8 Å². The molecule has 2 rings (SSSR count). The number of hydrogen-bond donors (Lipinski definition) is 1. The number of nitrogens with zero attached hydrogens (tertiary/aromatic N) is 1. The van der Waals surface area contributed by atoms with Crippen molar-refractivity contribution in [3.63, 3.8) is 0 Å². The Morgan fingerprint density at radius 2 is 1.72 bits per heavy atom. The van der Waals surface area contributed by atoms with Crippen LogP contribution in [0.2, 0.25) is 0 Å². The minimum atomic E-state index is 0.335. The van der Waals surface area contributed by atoms with Gasteiger partial charge in [-0.1, -0.05) is 32.9 Å². The van der Waals surface area contributed by atoms with Gasteiger partial charge in [-0.25, -0.2) is 0 Å². The lowest BCUT2D eigenvalue weighted by Gasteiger charge is -2.40. The fourth-order valence-corrected chi connectivity index (χ4v) is 2.92. The Kier molecular flexibility index (Phi) is 3.96. The summed E-state index contributed by atoms with van der Waals surface area (Å²) in [6.07, 6.45) is 2.51. The predicted octanol–water partition coefficient (Wildman–Crippen LogP) is 3.28. The largest absolute Gasteiger partial charge is 0.399 e. The number of nitrogen functional groups attached to an aromatic ring is 1. The van der Waals surface area contributed by atoms with Gasteiger partial charge in [-0.3, -0.25) is 0 Å². The molecule has 0 saturated carbocycles. The Morgan fingerprint density at radius 3 is 2.22 bits per heavy atom. The zero-order valence-corrected chi connectivity index (χ0v) is 11.9. The highest BCUT2D eigenvalue weighted by Gasteiger charge is 2.31. The first kappa shape index (κ1) is 13.4. The van der Waals surface area contributed by atoms with Crippen molar-refractivity contribution in [2.24, 2.45) is 5.92 Å². The summed E-state index contributed by atoms with van der Waals surface area (Å²) >= 11 is 0. The van der Waals surface area contributed by atoms with E-state index in [4.69, 9.17) is 5.73 Å². The predicted molar refractivity (Wildman–Crippen MR) is 78.7 cm³/mol. The molecule has 1 saturated heterocycles. The smallest absolute Gasteiger partial charge is 0.0314 e. The van der Waals surface area contributed by atoms with Crippen LogP contribution < -0.4 is 5.73 Å². The van der Waals surface area contributed by atoms with Gasteiger partial charge in [-0.05, 0) is 55.0 Å². The summed E-state index contributed by atoms with van der Waals surface area (Å²) in [7, 11) is 0. The molecule has 0 aromatic heterocycles. The molecule has 18 heavy (non-hydrogen) atoms. The molecular weight excluding hydrogens is 220 g/mol. The Morgan fingerprint density at radius 1 is 1.17 bits per heavy atom. The Bertz CT molecular complexity index is 373. The third kappa shape index (κ3) is 3.05. The van der Waals surface area contributed by atoms with Crippen molar-refractivity contribution in [2.75, 3.05) is 25.4 Å². The van der Waals surface area contributed by atoms with Gasteiger partial charge in [0.2, 0.25) is 0 Å². The number of anilines is 1. The minimum Gasteiger partial charge on any atom is -0.399 e. The first-order chi connectivity index (χ1) is 8.49. The van der Waals surface area contributed by atoms with Crippen LogP contribution in [0.3, 0.4) is 0 Å². The van der Waals surface area contributed by atoms with Gasteiger partial charge < -0.3 is 10.6 Å². The zero-order valence-electron chi connectivity index (χ0n) is 11.9. The van der Waals surface area contributed by atoms with Crippen molar-refractivity contribution < 1.29 is 0 Å².